The van der Waals surface area contributed by atoms with Crippen molar-refractivity contribution in [3.05, 3.63) is 69.6 Å². The number of nitrogens with two attached hydrogens (primary N) is 1. The molecule has 9 rings (SSSR count). The van der Waals surface area contributed by atoms with Gasteiger partial charge in [-0.2, -0.15) is 0 Å². The van der Waals surface area contributed by atoms with E-state index < -0.39 is 78.8 Å². The number of primary amides is 1. The third-order valence-corrected chi connectivity index (χ3v) is 18.6. The number of nitrogens with zero attached hydrogens (tertiary/aromatic N) is 4. The first-order valence-corrected chi connectivity index (χ1v) is 30.1. The molecule has 6 atom stereocenters. The second-order valence-electron chi connectivity index (χ2n) is 22.1. The first-order valence-electron chi connectivity index (χ1n) is 27.6. The molecular formula is C56H68N9O13PS. The van der Waals surface area contributed by atoms with E-state index in [9.17, 15) is 62.3 Å². The van der Waals surface area contributed by atoms with E-state index in [1.165, 1.54) is 34.1 Å². The fourth-order valence-electron chi connectivity index (χ4n) is 12.3. The Labute approximate surface area is 466 Å². The number of carbonyl (C=O) groups excluding carboxylic acids is 10. The highest BCUT2D eigenvalue weighted by Crippen LogP contribution is 2.40. The number of benzene rings is 2. The Morgan fingerprint density at radius 2 is 1.66 bits per heavy atom. The van der Waals surface area contributed by atoms with Gasteiger partial charge in [-0.3, -0.25) is 57.8 Å². The molecule has 0 bridgehead atoms. The average molecular weight is 1140 g/mol. The molecule has 1 saturated carbocycles. The molecule has 24 heteroatoms. The van der Waals surface area contributed by atoms with E-state index in [0.717, 1.165) is 68.3 Å². The molecule has 4 saturated heterocycles. The van der Waals surface area contributed by atoms with Crippen molar-refractivity contribution in [1.29, 1.82) is 0 Å². The van der Waals surface area contributed by atoms with Crippen LogP contribution in [0.25, 0.3) is 10.1 Å². The molecule has 1 aromatic heterocycles. The summed E-state index contributed by atoms with van der Waals surface area (Å²) in [6.07, 6.45) is 8.34. The van der Waals surface area contributed by atoms with Gasteiger partial charge in [-0.05, 0) is 137 Å². The maximum Gasteiger partial charge on any atom is 0.396 e. The Morgan fingerprint density at radius 3 is 2.39 bits per heavy atom. The molecule has 6 aliphatic rings. The molecule has 80 heavy (non-hydrogen) atoms. The van der Waals surface area contributed by atoms with Crippen LogP contribution in [0.4, 0.5) is 0 Å². The van der Waals surface area contributed by atoms with Crippen molar-refractivity contribution in [1.82, 2.24) is 40.9 Å². The van der Waals surface area contributed by atoms with Gasteiger partial charge in [-0.1, -0.05) is 37.2 Å². The molecule has 22 nitrogen and oxygen atoms in total. The summed E-state index contributed by atoms with van der Waals surface area (Å²) in [6.45, 7) is 1.83. The van der Waals surface area contributed by atoms with Crippen molar-refractivity contribution in [3.63, 3.8) is 0 Å². The van der Waals surface area contributed by atoms with Crippen molar-refractivity contribution in [2.45, 2.75) is 146 Å². The van der Waals surface area contributed by atoms with Gasteiger partial charge in [0.15, 0.2) is 0 Å². The number of imide groups is 1. The fourth-order valence-corrected chi connectivity index (χ4v) is 13.7. The summed E-state index contributed by atoms with van der Waals surface area (Å²) in [5, 5.41) is 11.4. The molecule has 5 fully saturated rings. The van der Waals surface area contributed by atoms with Gasteiger partial charge in [0.2, 0.25) is 41.4 Å². The van der Waals surface area contributed by atoms with Crippen molar-refractivity contribution < 1.29 is 62.3 Å². The van der Waals surface area contributed by atoms with E-state index in [1.54, 1.807) is 17.0 Å². The maximum atomic E-state index is 14.6. The zero-order valence-corrected chi connectivity index (χ0v) is 46.3. The minimum atomic E-state index is -5.05. The third-order valence-electron chi connectivity index (χ3n) is 16.7. The standard InChI is InChI=1S/C56H68N9O13PS/c1-62-25-24-37-15-17-43(65(37)54(73)41(31-62)59-52(71)45-29-36-28-35(14-19-44(36)80-45)56(75)79(76,77)78)51(70)58-40(16-20-46(57)66)49(68)61-48(34-10-3-2-4-11-34)55(74)63-26-22-32(23-27-63)8-5-6-9-33-12-7-13-38-39(33)30-64(53(38)72)42-18-21-47(67)60-50(42)69/h7,12-14,19,28-29,32,34,37,40-43,48H,2-5,8,10-11,15-18,20-27,30-31H2,1H3,(H2,57,66)(H,58,70)(H,59,71)(H,61,68)(H,60,67,69)(H2,76,77,78)/t37-,40?,41+,42?,43+,48?/m1/s1. The molecule has 1 aliphatic carbocycles. The largest absolute Gasteiger partial charge is 0.396 e. The Bertz CT molecular complexity index is 3100. The van der Waals surface area contributed by atoms with Gasteiger partial charge in [0, 0.05) is 72.9 Å². The smallest absolute Gasteiger partial charge is 0.370 e. The monoisotopic (exact) mass is 1140 g/mol. The van der Waals surface area contributed by atoms with Gasteiger partial charge in [0.05, 0.1) is 4.88 Å². The highest BCUT2D eigenvalue weighted by atomic mass is 32.1. The van der Waals surface area contributed by atoms with Gasteiger partial charge < -0.3 is 51.1 Å². The van der Waals surface area contributed by atoms with E-state index in [-0.39, 0.29) is 91.2 Å². The lowest BCUT2D eigenvalue weighted by Crippen LogP contribution is -2.62. The number of thiophene rings is 1. The van der Waals surface area contributed by atoms with E-state index in [1.807, 2.05) is 18.0 Å². The SMILES string of the molecule is CN1CC[C@H]2CC[C@@H](C(=O)NC(CCC(N)=O)C(=O)NC(C(=O)N3CCC(CCC#Cc4cccc5c4CN(C4CCC(=O)NC4=O)C5=O)CC3)C3CCCCC3)N2C(=O)[C@@H](NC(=O)c2cc3cc(C(=O)P(=O)(O)O)ccc3s2)C1. The molecule has 3 unspecified atom stereocenters. The minimum Gasteiger partial charge on any atom is -0.370 e. The van der Waals surface area contributed by atoms with Crippen LogP contribution in [0.1, 0.15) is 144 Å². The first kappa shape index (κ1) is 57.8. The maximum absolute atomic E-state index is 14.6. The molecule has 2 aromatic carbocycles. The number of hydrogen-bond donors (Lipinski definition) is 7. The lowest BCUT2D eigenvalue weighted by atomic mass is 9.82. The molecule has 0 radical (unpaired) electrons. The predicted molar refractivity (Wildman–Crippen MR) is 292 cm³/mol. The Hall–Kier alpha value is -6.83. The van der Waals surface area contributed by atoms with Crippen LogP contribution in [0.15, 0.2) is 42.5 Å². The van der Waals surface area contributed by atoms with Crippen LogP contribution >= 0.6 is 18.9 Å². The predicted octanol–water partition coefficient (Wildman–Crippen LogP) is 2.66. The molecule has 3 aromatic rings. The van der Waals surface area contributed by atoms with Gasteiger partial charge in [0.25, 0.3) is 17.3 Å². The highest BCUT2D eigenvalue weighted by molar-refractivity contribution is 7.70. The van der Waals surface area contributed by atoms with Crippen molar-refractivity contribution in [2.24, 2.45) is 17.6 Å². The summed E-state index contributed by atoms with van der Waals surface area (Å²) in [4.78, 5) is 160. The summed E-state index contributed by atoms with van der Waals surface area (Å²) in [7, 11) is -3.23. The molecule has 426 valence electrons. The number of likely N-dealkylation sites (N-methyl/N-ethyl adjacent to an activating group) is 1. The average Bonchev–Trinajstić information content (AvgIpc) is 4.26. The number of rotatable bonds is 16. The highest BCUT2D eigenvalue weighted by Gasteiger charge is 2.46. The lowest BCUT2D eigenvalue weighted by molar-refractivity contribution is -0.144. The Morgan fingerprint density at radius 1 is 0.900 bits per heavy atom. The lowest BCUT2D eigenvalue weighted by Gasteiger charge is -2.38. The van der Waals surface area contributed by atoms with Crippen LogP contribution < -0.4 is 27.0 Å². The zero-order chi connectivity index (χ0) is 57.0. The summed E-state index contributed by atoms with van der Waals surface area (Å²) < 4.78 is 12.2. The number of amides is 9. The summed E-state index contributed by atoms with van der Waals surface area (Å²) in [5.41, 5.74) is 5.99. The number of piperidine rings is 2. The van der Waals surface area contributed by atoms with E-state index >= 15 is 0 Å². The van der Waals surface area contributed by atoms with Gasteiger partial charge in [0.1, 0.15) is 30.2 Å². The van der Waals surface area contributed by atoms with Crippen LogP contribution in [-0.2, 0) is 44.7 Å². The summed E-state index contributed by atoms with van der Waals surface area (Å²) in [5.74, 6) is 2.29. The minimum absolute atomic E-state index is 0.110. The molecule has 5 aliphatic heterocycles. The van der Waals surface area contributed by atoms with E-state index in [2.05, 4.69) is 33.1 Å². The number of likely N-dealkylation sites (tertiary alicyclic amines) is 1. The molecule has 9 amide bonds. The quantitative estimate of drug-likeness (QED) is 0.0617. The van der Waals surface area contributed by atoms with Crippen molar-refractivity contribution in [3.8, 4) is 11.8 Å². The fraction of sp³-hybridized carbons (Fsp3) is 0.536. The van der Waals surface area contributed by atoms with Crippen molar-refractivity contribution in [2.75, 3.05) is 33.2 Å². The molecule has 8 N–H and O–H groups in total. The number of fused-ring (bicyclic) bond motifs is 3. The Kier molecular flexibility index (Phi) is 18.0. The second-order valence-corrected chi connectivity index (χ2v) is 24.7. The van der Waals surface area contributed by atoms with Crippen LogP contribution in [0, 0.1) is 23.7 Å². The van der Waals surface area contributed by atoms with Gasteiger partial charge in [-0.15, -0.1) is 11.3 Å². The van der Waals surface area contributed by atoms with Crippen molar-refractivity contribution >= 4 is 87.7 Å². The van der Waals surface area contributed by atoms with Gasteiger partial charge in [-0.25, -0.2) is 0 Å². The van der Waals surface area contributed by atoms with E-state index in [4.69, 9.17) is 5.73 Å². The van der Waals surface area contributed by atoms with Gasteiger partial charge >= 0.3 is 7.60 Å². The zero-order valence-electron chi connectivity index (χ0n) is 44.6. The second kappa shape index (κ2) is 24.9. The summed E-state index contributed by atoms with van der Waals surface area (Å²) in [6, 6.07) is 5.49. The first-order chi connectivity index (χ1) is 38.2. The molecular weight excluding hydrogens is 1070 g/mol. The molecule has 6 heterocycles. The van der Waals surface area contributed by atoms with Crippen LogP contribution in [0.3, 0.4) is 0 Å². The van der Waals surface area contributed by atoms with Crippen LogP contribution in [0.2, 0.25) is 0 Å². The normalized spacial score (nSPS) is 23.0. The number of carbonyl (C=O) groups is 10. The van der Waals surface area contributed by atoms with Crippen LogP contribution in [-0.4, -0.2) is 158 Å². The Balaban J connectivity index is 0.823. The summed E-state index contributed by atoms with van der Waals surface area (Å²) >= 11 is 1.07. The van der Waals surface area contributed by atoms with E-state index in [0.29, 0.717) is 60.1 Å². The third kappa shape index (κ3) is 13.2. The number of nitrogens with one attached hydrogen (secondary N) is 4. The topological polar surface area (TPSA) is 315 Å². The van der Waals surface area contributed by atoms with Crippen LogP contribution in [0.5, 0.6) is 0 Å². The number of hydrogen-bond acceptors (Lipinski definition) is 13. The molecule has 0 spiro atoms.